The normalized spacial score (nSPS) is 16.2. The molecule has 3 aliphatic rings. The summed E-state index contributed by atoms with van der Waals surface area (Å²) >= 11 is 1.51. The molecule has 5 aromatic rings. The molecule has 447 valence electrons. The molecule has 12 N–H and O–H groups in total. The molecule has 1 aliphatic heterocycles. The van der Waals surface area contributed by atoms with Crippen LogP contribution in [0.1, 0.15) is 52.2 Å². The van der Waals surface area contributed by atoms with Crippen LogP contribution in [0.15, 0.2) is 157 Å². The zero-order chi connectivity index (χ0) is 60.5. The van der Waals surface area contributed by atoms with Crippen molar-refractivity contribution in [2.24, 2.45) is 47.3 Å². The quantitative estimate of drug-likeness (QED) is 0.00864. The maximum Gasteiger partial charge on any atom is 0.319 e. The zero-order valence-corrected chi connectivity index (χ0v) is 48.3. The molecule has 0 amide bonds. The Balaban J connectivity index is 0.000000389. The van der Waals surface area contributed by atoms with Crippen molar-refractivity contribution in [2.75, 3.05) is 31.6 Å². The Labute approximate surface area is 497 Å². The Kier molecular flexibility index (Phi) is 28.6. The Morgan fingerprint density at radius 3 is 1.75 bits per heavy atom. The summed E-state index contributed by atoms with van der Waals surface area (Å²) in [5, 5.41) is 98.7. The van der Waals surface area contributed by atoms with Crippen molar-refractivity contribution >= 4 is 97.2 Å². The number of carbonyl (C=O) groups is 2. The Morgan fingerprint density at radius 2 is 1.33 bits per heavy atom. The number of hydrazone groups is 1. The first kappa shape index (κ1) is 70.1. The number of carbonyl (C=O) groups excluding carboxylic acids is 2. The number of aliphatic hydroxyl groups is 2. The van der Waals surface area contributed by atoms with Crippen molar-refractivity contribution in [3.05, 3.63) is 162 Å². The van der Waals surface area contributed by atoms with Crippen LogP contribution >= 0.6 is 22.7 Å². The standard InChI is InChI=1S/C26H34N2O2.2C9H6N4O4S.C7H7N3O2.CH5N3.Co.H2O/c1-7-26(5)22-18-21(30-6)14-15-23(22)28(10-4)25(26)16-12-19-11-13-20(17-24(19)29)27(8-2)9-3;2*14-5-1-2-6(7(15)3-5)11-12-9-10-4-8(18-9)13(16)17;8-4-9-10-6-2-1-5(11)3-7(6)12;2-1-4-3;;/h11-18H,7-10H2,1-6H3;2*1-4H,(H2,10,12,14,15);1-4,8,11-12H;1H,3H2,(H2,2,4);;1H2/p-1. The molecule has 1 atom stereocenters. The number of ketones is 2. The van der Waals surface area contributed by atoms with Gasteiger partial charge in [0.05, 0.1) is 22.4 Å². The number of benzene rings is 3. The smallest absolute Gasteiger partial charge is 0.319 e. The number of phenols is 3. The van der Waals surface area contributed by atoms with E-state index in [1.54, 1.807) is 7.11 Å². The molecular weight excluding hydrogens is 1180 g/mol. The third-order valence-electron chi connectivity index (χ3n) is 11.5. The van der Waals surface area contributed by atoms with Gasteiger partial charge in [-0.05, 0) is 101 Å². The topological polar surface area (TPSA) is 459 Å². The molecule has 3 heterocycles. The number of ether oxygens (including phenoxy) is 1. The monoisotopic (exact) mass is 1240 g/mol. The van der Waals surface area contributed by atoms with Gasteiger partial charge in [0, 0.05) is 105 Å². The molecule has 0 fully saturated rings. The molecule has 1 unspecified atom stereocenters. The molecule has 2 aliphatic carbocycles. The van der Waals surface area contributed by atoms with Crippen molar-refractivity contribution in [3.8, 4) is 23.0 Å². The average Bonchev–Trinajstić information content (AvgIpc) is 1.75. The van der Waals surface area contributed by atoms with Crippen LogP contribution in [0, 0.1) is 25.6 Å². The molecule has 2 aromatic heterocycles. The minimum atomic E-state index is -0.583. The van der Waals surface area contributed by atoms with E-state index in [4.69, 9.17) is 20.4 Å². The number of allylic oxidation sites excluding steroid dienone is 7. The second-order valence-electron chi connectivity index (χ2n) is 16.4. The number of nitro groups is 2. The number of nitrogens with one attached hydrogen (secondary N) is 1. The number of nitrogens with two attached hydrogens (primary N) is 2. The van der Waals surface area contributed by atoms with Crippen LogP contribution in [0.25, 0.3) is 6.08 Å². The summed E-state index contributed by atoms with van der Waals surface area (Å²) in [6.45, 7) is 13.7. The predicted octanol–water partition coefficient (Wildman–Crippen LogP) is 6.46. The SMILES string of the molecule is CCN(CC)c1ccc(/C=C/C2=[N+](CC)c3ccc(OC)cc3C2(C)CC)c(O)c1.N/C=N\N.N=CN=Nc1ccc(O)cc1O.O.O=C1C=CC(=NN=c2[n-]cc([N+](=O)[O-])s2)C(O)=C1.O=C1C=CC(=NN=c2[n-]cc([N+](=O)[O-])s2)C(O)=C1.[Co]. The van der Waals surface area contributed by atoms with Gasteiger partial charge in [0.25, 0.3) is 0 Å². The van der Waals surface area contributed by atoms with E-state index < -0.39 is 9.85 Å². The summed E-state index contributed by atoms with van der Waals surface area (Å²) in [6, 6.07) is 16.2. The maximum absolute atomic E-state index is 10.9. The van der Waals surface area contributed by atoms with E-state index in [1.165, 1.54) is 53.4 Å². The summed E-state index contributed by atoms with van der Waals surface area (Å²) in [4.78, 5) is 51.2. The zero-order valence-electron chi connectivity index (χ0n) is 45.7. The maximum atomic E-state index is 10.9. The number of azo groups is 1. The minimum Gasteiger partial charge on any atom is -0.508 e. The molecule has 8 rings (SSSR count). The Hall–Kier alpha value is -10.0. The fraction of sp³-hybridized carbons (Fsp3) is 0.212. The van der Waals surface area contributed by atoms with Gasteiger partial charge in [-0.25, -0.2) is 0 Å². The van der Waals surface area contributed by atoms with Crippen molar-refractivity contribution in [1.29, 1.82) is 5.41 Å². The largest absolute Gasteiger partial charge is 0.508 e. The number of methoxy groups -OCH3 is 1. The molecule has 3 aromatic carbocycles. The average molecular weight is 1240 g/mol. The van der Waals surface area contributed by atoms with Gasteiger partial charge < -0.3 is 72.4 Å². The summed E-state index contributed by atoms with van der Waals surface area (Å²) in [6.07, 6.45) is 16.1. The fourth-order valence-corrected chi connectivity index (χ4v) is 8.44. The third kappa shape index (κ3) is 19.6. The van der Waals surface area contributed by atoms with Crippen molar-refractivity contribution < 1.29 is 76.5 Å². The molecule has 0 bridgehead atoms. The number of hydrogen-bond acceptors (Lipinski definition) is 23. The first-order chi connectivity index (χ1) is 39.2. The first-order valence-electron chi connectivity index (χ1n) is 24.2. The van der Waals surface area contributed by atoms with Crippen LogP contribution in [0.5, 0.6) is 23.0 Å². The van der Waals surface area contributed by atoms with E-state index in [1.807, 2.05) is 24.3 Å². The molecule has 1 radical (unpaired) electrons. The number of aliphatic hydroxyl groups excluding tert-OH is 2. The molecule has 29 nitrogen and oxygen atoms in total. The fourth-order valence-electron chi connectivity index (χ4n) is 7.33. The van der Waals surface area contributed by atoms with Gasteiger partial charge in [0.15, 0.2) is 17.3 Å². The molecule has 0 saturated carbocycles. The second kappa shape index (κ2) is 34.3. The minimum absolute atomic E-state index is 0. The van der Waals surface area contributed by atoms with E-state index in [9.17, 15) is 45.1 Å². The van der Waals surface area contributed by atoms with E-state index in [2.05, 4.69) is 126 Å². The molecular formula is C52H59CoN16O13S2-. The summed E-state index contributed by atoms with van der Waals surface area (Å²) in [5.41, 5.74) is 10.6. The third-order valence-corrected chi connectivity index (χ3v) is 13.2. The molecule has 0 saturated heterocycles. The first-order valence-corrected chi connectivity index (χ1v) is 25.8. The van der Waals surface area contributed by atoms with Gasteiger partial charge in [-0.2, -0.15) is 9.68 Å². The predicted molar refractivity (Wildman–Crippen MR) is 315 cm³/mol. The van der Waals surface area contributed by atoms with Gasteiger partial charge in [0.2, 0.25) is 5.69 Å². The van der Waals surface area contributed by atoms with Gasteiger partial charge in [-0.15, -0.1) is 10.2 Å². The summed E-state index contributed by atoms with van der Waals surface area (Å²) < 4.78 is 7.86. The van der Waals surface area contributed by atoms with Crippen LogP contribution in [0.2, 0.25) is 0 Å². The van der Waals surface area contributed by atoms with E-state index in [0.29, 0.717) is 5.75 Å². The number of phenolic OH excluding ortho intramolecular Hbond substituents is 3. The molecule has 32 heteroatoms. The number of nitrogens with zero attached hydrogens (tertiary/aromatic N) is 13. The number of anilines is 1. The van der Waals surface area contributed by atoms with Crippen molar-refractivity contribution in [3.63, 3.8) is 0 Å². The van der Waals surface area contributed by atoms with Gasteiger partial charge >= 0.3 is 10.0 Å². The number of thiazole rings is 2. The van der Waals surface area contributed by atoms with Gasteiger partial charge in [0.1, 0.15) is 70.8 Å². The van der Waals surface area contributed by atoms with E-state index in [0.717, 1.165) is 109 Å². The van der Waals surface area contributed by atoms with Crippen LogP contribution < -0.4 is 40.8 Å². The van der Waals surface area contributed by atoms with Crippen molar-refractivity contribution in [1.82, 2.24) is 9.97 Å². The molecule has 84 heavy (non-hydrogen) atoms. The van der Waals surface area contributed by atoms with Gasteiger partial charge in [-0.1, -0.05) is 29.6 Å². The number of rotatable bonds is 14. The summed E-state index contributed by atoms with van der Waals surface area (Å²) in [5.74, 6) is 4.15. The van der Waals surface area contributed by atoms with Gasteiger partial charge in [-0.3, -0.25) is 45.4 Å². The van der Waals surface area contributed by atoms with Crippen LogP contribution in [-0.4, -0.2) is 114 Å². The van der Waals surface area contributed by atoms with Crippen LogP contribution in [-0.2, 0) is 31.8 Å². The van der Waals surface area contributed by atoms with Crippen molar-refractivity contribution in [2.45, 2.75) is 46.5 Å². The number of fused-ring (bicyclic) bond motifs is 1. The number of hydrogen-bond donors (Lipinski definition) is 8. The Morgan fingerprint density at radius 1 is 0.786 bits per heavy atom. The number of aromatic nitrogens is 2. The molecule has 0 spiro atoms. The second-order valence-corrected chi connectivity index (χ2v) is 18.4. The number of aromatic hydroxyl groups is 3. The van der Waals surface area contributed by atoms with Crippen LogP contribution in [0.4, 0.5) is 27.1 Å². The van der Waals surface area contributed by atoms with E-state index >= 15 is 0 Å². The Bertz CT molecular complexity index is 3510. The summed E-state index contributed by atoms with van der Waals surface area (Å²) in [7, 11) is 1.72. The van der Waals surface area contributed by atoms with Crippen LogP contribution in [0.3, 0.4) is 0 Å². The van der Waals surface area contributed by atoms with E-state index in [-0.39, 0.29) is 99.0 Å².